The van der Waals surface area contributed by atoms with Gasteiger partial charge in [0.25, 0.3) is 0 Å². The van der Waals surface area contributed by atoms with Crippen LogP contribution in [0.3, 0.4) is 0 Å². The summed E-state index contributed by atoms with van der Waals surface area (Å²) in [7, 11) is 0. The second-order valence-corrected chi connectivity index (χ2v) is 4.59. The number of hydrogen-bond acceptors (Lipinski definition) is 2. The molecule has 0 unspecified atom stereocenters. The molecule has 1 aromatic rings. The molecule has 0 aromatic heterocycles. The first-order valence-electron chi connectivity index (χ1n) is 5.89. The Bertz CT molecular complexity index is 340. The van der Waals surface area contributed by atoms with E-state index in [0.717, 1.165) is 36.8 Å². The van der Waals surface area contributed by atoms with E-state index < -0.39 is 0 Å². The lowest BCUT2D eigenvalue weighted by Crippen LogP contribution is -2.38. The molecule has 1 aromatic carbocycles. The van der Waals surface area contributed by atoms with Gasteiger partial charge in [-0.15, -0.1) is 0 Å². The summed E-state index contributed by atoms with van der Waals surface area (Å²) < 4.78 is 5.80. The number of morpholine rings is 1. The summed E-state index contributed by atoms with van der Waals surface area (Å²) in [6, 6.07) is 7.96. The molecule has 2 nitrogen and oxygen atoms in total. The molecule has 0 amide bonds. The molecule has 1 atom stereocenters. The van der Waals surface area contributed by atoms with Crippen molar-refractivity contribution >= 4 is 11.6 Å². The van der Waals surface area contributed by atoms with E-state index in [9.17, 15) is 0 Å². The predicted molar refractivity (Wildman–Crippen MR) is 66.9 cm³/mol. The first kappa shape index (κ1) is 11.9. The SMILES string of the molecule is CCCN1CCO[C@H](c2ccccc2Cl)C1. The Morgan fingerprint density at radius 1 is 1.44 bits per heavy atom. The molecule has 1 aliphatic rings. The van der Waals surface area contributed by atoms with Crippen molar-refractivity contribution in [1.82, 2.24) is 4.90 Å². The number of halogens is 1. The standard InChI is InChI=1S/C13H18ClNO/c1-2-7-15-8-9-16-13(10-15)11-5-3-4-6-12(11)14/h3-6,13H,2,7-10H2,1H3/t13-/m0/s1. The fourth-order valence-electron chi connectivity index (χ4n) is 2.15. The highest BCUT2D eigenvalue weighted by Gasteiger charge is 2.22. The molecule has 0 N–H and O–H groups in total. The summed E-state index contributed by atoms with van der Waals surface area (Å²) >= 11 is 6.18. The van der Waals surface area contributed by atoms with Gasteiger partial charge >= 0.3 is 0 Å². The first-order chi connectivity index (χ1) is 7.81. The summed E-state index contributed by atoms with van der Waals surface area (Å²) in [5.74, 6) is 0. The van der Waals surface area contributed by atoms with Gasteiger partial charge in [0, 0.05) is 23.7 Å². The smallest absolute Gasteiger partial charge is 0.0966 e. The maximum Gasteiger partial charge on any atom is 0.0966 e. The van der Waals surface area contributed by atoms with Gasteiger partial charge in [-0.25, -0.2) is 0 Å². The van der Waals surface area contributed by atoms with Gasteiger partial charge in [-0.1, -0.05) is 36.7 Å². The largest absolute Gasteiger partial charge is 0.371 e. The van der Waals surface area contributed by atoms with Crippen molar-refractivity contribution < 1.29 is 4.74 Å². The van der Waals surface area contributed by atoms with Crippen LogP contribution >= 0.6 is 11.6 Å². The third kappa shape index (κ3) is 2.76. The second kappa shape index (κ2) is 5.67. The Labute approximate surface area is 102 Å². The zero-order valence-electron chi connectivity index (χ0n) is 9.66. The Balaban J connectivity index is 2.07. The molecular weight excluding hydrogens is 222 g/mol. The third-order valence-corrected chi connectivity index (χ3v) is 3.29. The number of hydrogen-bond donors (Lipinski definition) is 0. The van der Waals surface area contributed by atoms with Gasteiger partial charge < -0.3 is 4.74 Å². The van der Waals surface area contributed by atoms with Crippen LogP contribution in [0.4, 0.5) is 0 Å². The summed E-state index contributed by atoms with van der Waals surface area (Å²) in [6.07, 6.45) is 1.32. The molecule has 0 spiro atoms. The third-order valence-electron chi connectivity index (χ3n) is 2.94. The van der Waals surface area contributed by atoms with Crippen molar-refractivity contribution in [2.45, 2.75) is 19.4 Å². The maximum atomic E-state index is 6.18. The van der Waals surface area contributed by atoms with Gasteiger partial charge in [-0.05, 0) is 19.0 Å². The lowest BCUT2D eigenvalue weighted by Gasteiger charge is -2.33. The van der Waals surface area contributed by atoms with Crippen molar-refractivity contribution in [1.29, 1.82) is 0 Å². The van der Waals surface area contributed by atoms with Gasteiger partial charge in [0.05, 0.1) is 12.7 Å². The van der Waals surface area contributed by atoms with Gasteiger partial charge in [0.1, 0.15) is 0 Å². The number of ether oxygens (including phenoxy) is 1. The molecule has 1 saturated heterocycles. The van der Waals surface area contributed by atoms with Crippen molar-refractivity contribution in [3.05, 3.63) is 34.9 Å². The zero-order chi connectivity index (χ0) is 11.4. The van der Waals surface area contributed by atoms with Crippen LogP contribution in [0.1, 0.15) is 25.0 Å². The molecule has 3 heteroatoms. The van der Waals surface area contributed by atoms with Crippen molar-refractivity contribution in [2.75, 3.05) is 26.2 Å². The summed E-state index contributed by atoms with van der Waals surface area (Å²) in [5.41, 5.74) is 1.12. The molecule has 1 heterocycles. The minimum atomic E-state index is 0.133. The van der Waals surface area contributed by atoms with E-state index in [1.54, 1.807) is 0 Å². The van der Waals surface area contributed by atoms with Gasteiger partial charge in [-0.3, -0.25) is 4.90 Å². The van der Waals surface area contributed by atoms with Crippen LogP contribution in [-0.4, -0.2) is 31.1 Å². The molecular formula is C13H18ClNO. The second-order valence-electron chi connectivity index (χ2n) is 4.18. The maximum absolute atomic E-state index is 6.18. The Morgan fingerprint density at radius 2 is 2.25 bits per heavy atom. The van der Waals surface area contributed by atoms with Crippen LogP contribution in [0, 0.1) is 0 Å². The van der Waals surface area contributed by atoms with Crippen LogP contribution in [-0.2, 0) is 4.74 Å². The van der Waals surface area contributed by atoms with E-state index in [-0.39, 0.29) is 6.10 Å². The molecule has 0 radical (unpaired) electrons. The van der Waals surface area contributed by atoms with Crippen molar-refractivity contribution in [3.63, 3.8) is 0 Å². The fourth-order valence-corrected chi connectivity index (χ4v) is 2.40. The van der Waals surface area contributed by atoms with Crippen LogP contribution in [0.2, 0.25) is 5.02 Å². The first-order valence-corrected chi connectivity index (χ1v) is 6.27. The van der Waals surface area contributed by atoms with Crippen molar-refractivity contribution in [3.8, 4) is 0 Å². The molecule has 0 saturated carbocycles. The lowest BCUT2D eigenvalue weighted by atomic mass is 10.1. The molecule has 16 heavy (non-hydrogen) atoms. The number of benzene rings is 1. The Kier molecular flexibility index (Phi) is 4.22. The van der Waals surface area contributed by atoms with Gasteiger partial charge in [0.15, 0.2) is 0 Å². The normalized spacial score (nSPS) is 22.2. The highest BCUT2D eigenvalue weighted by molar-refractivity contribution is 6.31. The van der Waals surface area contributed by atoms with E-state index in [1.165, 1.54) is 6.42 Å². The van der Waals surface area contributed by atoms with Crippen LogP contribution in [0.5, 0.6) is 0 Å². The monoisotopic (exact) mass is 239 g/mol. The van der Waals surface area contributed by atoms with E-state index in [4.69, 9.17) is 16.3 Å². The molecule has 2 rings (SSSR count). The van der Waals surface area contributed by atoms with Crippen LogP contribution < -0.4 is 0 Å². The topological polar surface area (TPSA) is 12.5 Å². The van der Waals surface area contributed by atoms with Gasteiger partial charge in [0.2, 0.25) is 0 Å². The molecule has 1 fully saturated rings. The van der Waals surface area contributed by atoms with Gasteiger partial charge in [-0.2, -0.15) is 0 Å². The van der Waals surface area contributed by atoms with E-state index in [2.05, 4.69) is 17.9 Å². The summed E-state index contributed by atoms with van der Waals surface area (Å²) in [5, 5.41) is 0.811. The molecule has 88 valence electrons. The number of rotatable bonds is 3. The van der Waals surface area contributed by atoms with Crippen LogP contribution in [0.15, 0.2) is 24.3 Å². The minimum absolute atomic E-state index is 0.133. The van der Waals surface area contributed by atoms with E-state index in [0.29, 0.717) is 0 Å². The minimum Gasteiger partial charge on any atom is -0.371 e. The lowest BCUT2D eigenvalue weighted by molar-refractivity contribution is -0.0298. The predicted octanol–water partition coefficient (Wildman–Crippen LogP) is 3.12. The average Bonchev–Trinajstić information content (AvgIpc) is 2.30. The van der Waals surface area contributed by atoms with E-state index >= 15 is 0 Å². The fraction of sp³-hybridized carbons (Fsp3) is 0.538. The molecule has 0 aliphatic carbocycles. The Hall–Kier alpha value is -0.570. The quantitative estimate of drug-likeness (QED) is 0.804. The summed E-state index contributed by atoms with van der Waals surface area (Å²) in [4.78, 5) is 2.44. The summed E-state index contributed by atoms with van der Waals surface area (Å²) in [6.45, 7) is 6.15. The van der Waals surface area contributed by atoms with Crippen LogP contribution in [0.25, 0.3) is 0 Å². The highest BCUT2D eigenvalue weighted by atomic mass is 35.5. The van der Waals surface area contributed by atoms with E-state index in [1.807, 2.05) is 18.2 Å². The molecule has 1 aliphatic heterocycles. The zero-order valence-corrected chi connectivity index (χ0v) is 10.4. The Morgan fingerprint density at radius 3 is 3.00 bits per heavy atom. The average molecular weight is 240 g/mol. The highest BCUT2D eigenvalue weighted by Crippen LogP contribution is 2.28. The van der Waals surface area contributed by atoms with Crippen molar-refractivity contribution in [2.24, 2.45) is 0 Å². The molecule has 0 bridgehead atoms. The number of nitrogens with zero attached hydrogens (tertiary/aromatic N) is 1.